The van der Waals surface area contributed by atoms with Gasteiger partial charge in [0.05, 0.1) is 41.0 Å². The first-order valence-corrected chi connectivity index (χ1v) is 19.0. The molecule has 1 aliphatic rings. The Bertz CT molecular complexity index is 2140. The van der Waals surface area contributed by atoms with Crippen molar-refractivity contribution < 1.29 is 43.0 Å². The van der Waals surface area contributed by atoms with Gasteiger partial charge in [-0.2, -0.15) is 0 Å². The van der Waals surface area contributed by atoms with Gasteiger partial charge in [0.1, 0.15) is 23.6 Å². The summed E-state index contributed by atoms with van der Waals surface area (Å²) < 4.78 is 16.3. The van der Waals surface area contributed by atoms with Crippen LogP contribution in [0.1, 0.15) is 52.9 Å². The lowest BCUT2D eigenvalue weighted by molar-refractivity contribution is -0.145. The summed E-state index contributed by atoms with van der Waals surface area (Å²) in [6, 6.07) is 23.3. The lowest BCUT2D eigenvalue weighted by Gasteiger charge is -2.29. The van der Waals surface area contributed by atoms with Crippen molar-refractivity contribution in [2.75, 3.05) is 48.0 Å². The van der Waals surface area contributed by atoms with E-state index in [2.05, 4.69) is 52.5 Å². The van der Waals surface area contributed by atoms with Crippen LogP contribution in [0.4, 0.5) is 0 Å². The number of rotatable bonds is 13. The van der Waals surface area contributed by atoms with Crippen LogP contribution in [0.25, 0.3) is 22.3 Å². The molecule has 1 aliphatic heterocycles. The number of carbonyl (C=O) groups excluding carboxylic acids is 6. The molecular weight excluding hydrogens is 743 g/mol. The van der Waals surface area contributed by atoms with Crippen LogP contribution < -0.4 is 30.7 Å². The van der Waals surface area contributed by atoms with Crippen molar-refractivity contribution in [3.63, 3.8) is 0 Å². The summed E-state index contributed by atoms with van der Waals surface area (Å²) in [6.07, 6.45) is 3.39. The summed E-state index contributed by atoms with van der Waals surface area (Å²) >= 11 is 0. The van der Waals surface area contributed by atoms with Crippen LogP contribution in [-0.4, -0.2) is 94.5 Å². The van der Waals surface area contributed by atoms with Crippen LogP contribution >= 0.6 is 0 Å². The number of hydrogen-bond donors (Lipinski definition) is 4. The van der Waals surface area contributed by atoms with Crippen LogP contribution in [0, 0.1) is 0 Å². The summed E-state index contributed by atoms with van der Waals surface area (Å²) in [4.78, 5) is 79.9. The van der Waals surface area contributed by atoms with E-state index in [1.165, 1.54) is 33.9 Å². The van der Waals surface area contributed by atoms with E-state index in [-0.39, 0.29) is 6.42 Å². The highest BCUT2D eigenvalue weighted by Gasteiger charge is 2.31. The van der Waals surface area contributed by atoms with E-state index in [9.17, 15) is 28.8 Å². The molecule has 58 heavy (non-hydrogen) atoms. The van der Waals surface area contributed by atoms with Crippen LogP contribution in [0.5, 0.6) is 11.5 Å². The van der Waals surface area contributed by atoms with E-state index < -0.39 is 67.2 Å². The van der Waals surface area contributed by atoms with Crippen molar-refractivity contribution in [2.45, 2.75) is 44.7 Å². The second kappa shape index (κ2) is 19.9. The van der Waals surface area contributed by atoms with Crippen molar-refractivity contribution >= 4 is 35.5 Å². The zero-order valence-electron chi connectivity index (χ0n) is 33.3. The molecule has 4 bridgehead atoms. The maximum atomic E-state index is 13.8. The molecule has 14 nitrogen and oxygen atoms in total. The average Bonchev–Trinajstić information content (AvgIpc) is 3.25. The van der Waals surface area contributed by atoms with E-state index >= 15 is 0 Å². The summed E-state index contributed by atoms with van der Waals surface area (Å²) in [5, 5.41) is 10.3. The molecule has 2 atom stereocenters. The smallest absolute Gasteiger partial charge is 0.328 e. The number of carbonyl (C=O) groups is 6. The topological polar surface area (TPSA) is 181 Å². The predicted molar refractivity (Wildman–Crippen MR) is 217 cm³/mol. The van der Waals surface area contributed by atoms with Gasteiger partial charge < -0.3 is 40.4 Å². The molecule has 0 aliphatic carbocycles. The SMILES string of the molecule is CCCCc1ccc(-c2ccc(C(=O)NCC(=O)NCC(=O)N(C)C3C(=O)NCC(=O)NC(C(=O)OC)Cc4ccc(OC)c(c4)-c4cc3ccc4OC)cc2)cc1. The fourth-order valence-electron chi connectivity index (χ4n) is 6.66. The van der Waals surface area contributed by atoms with E-state index in [0.29, 0.717) is 39.3 Å². The number of esters is 1. The number of amides is 5. The number of aryl methyl sites for hydroxylation is 1. The first-order valence-electron chi connectivity index (χ1n) is 19.0. The van der Waals surface area contributed by atoms with Crippen molar-refractivity contribution in [2.24, 2.45) is 0 Å². The lowest BCUT2D eigenvalue weighted by Crippen LogP contribution is -2.50. The van der Waals surface area contributed by atoms with Crippen LogP contribution in [0.15, 0.2) is 84.9 Å². The molecule has 0 spiro atoms. The Morgan fingerprint density at radius 3 is 2.07 bits per heavy atom. The highest BCUT2D eigenvalue weighted by molar-refractivity contribution is 5.98. The molecule has 2 unspecified atom stereocenters. The van der Waals surface area contributed by atoms with Crippen molar-refractivity contribution in [1.82, 2.24) is 26.2 Å². The van der Waals surface area contributed by atoms with Gasteiger partial charge in [0, 0.05) is 30.2 Å². The van der Waals surface area contributed by atoms with Crippen LogP contribution in [0.3, 0.4) is 0 Å². The van der Waals surface area contributed by atoms with Gasteiger partial charge >= 0.3 is 5.97 Å². The van der Waals surface area contributed by atoms with Gasteiger partial charge in [0.25, 0.3) is 5.91 Å². The predicted octanol–water partition coefficient (Wildman–Crippen LogP) is 3.76. The van der Waals surface area contributed by atoms with E-state index in [0.717, 1.165) is 35.3 Å². The largest absolute Gasteiger partial charge is 0.496 e. The molecule has 0 saturated carbocycles. The Labute approximate surface area is 337 Å². The number of methoxy groups -OCH3 is 3. The first kappa shape index (κ1) is 42.4. The van der Waals surface area contributed by atoms with Gasteiger partial charge in [0.2, 0.25) is 23.6 Å². The Morgan fingerprint density at radius 1 is 0.793 bits per heavy atom. The van der Waals surface area contributed by atoms with Gasteiger partial charge in [-0.15, -0.1) is 0 Å². The molecular formula is C44H49N5O9. The summed E-state index contributed by atoms with van der Waals surface area (Å²) in [7, 11) is 5.60. The van der Waals surface area contributed by atoms with Gasteiger partial charge in [-0.3, -0.25) is 24.0 Å². The molecule has 0 saturated heterocycles. The van der Waals surface area contributed by atoms with E-state index in [4.69, 9.17) is 14.2 Å². The summed E-state index contributed by atoms with van der Waals surface area (Å²) in [6.45, 7) is 0.760. The highest BCUT2D eigenvalue weighted by Crippen LogP contribution is 2.39. The molecule has 304 valence electrons. The first-order chi connectivity index (χ1) is 28.0. The Balaban J connectivity index is 1.28. The standard InChI is InChI=1S/C44H49N5O9/c1-6-7-8-27-9-12-29(13-10-27)30-14-16-31(17-15-30)42(53)46-24-38(50)45-26-40(52)49(2)41-32-18-20-37(57-4)34(23-32)33-21-28(11-19-36(33)56-3)22-35(44(55)58-5)48-39(51)25-47-43(41)54/h9-21,23,35,41H,6-8,22,24-26H2,1-5H3,(H,45,50)(H,46,53)(H,47,54)(H,48,51). The van der Waals surface area contributed by atoms with Crippen molar-refractivity contribution in [1.29, 1.82) is 0 Å². The zero-order chi connectivity index (χ0) is 41.8. The number of unbranched alkanes of at least 4 members (excludes halogenated alkanes) is 1. The van der Waals surface area contributed by atoms with E-state index in [1.54, 1.807) is 48.5 Å². The maximum absolute atomic E-state index is 13.8. The lowest BCUT2D eigenvalue weighted by atomic mass is 9.94. The molecule has 5 amide bonds. The molecule has 4 aromatic rings. The van der Waals surface area contributed by atoms with Gasteiger partial charge in [-0.1, -0.05) is 61.9 Å². The molecule has 14 heteroatoms. The minimum Gasteiger partial charge on any atom is -0.496 e. The number of fused-ring (bicyclic) bond motifs is 5. The molecule has 0 radical (unpaired) electrons. The molecule has 0 fully saturated rings. The quantitative estimate of drug-likeness (QED) is 0.147. The average molecular weight is 792 g/mol. The van der Waals surface area contributed by atoms with Crippen molar-refractivity contribution in [3.05, 3.63) is 107 Å². The fourth-order valence-corrected chi connectivity index (χ4v) is 6.66. The maximum Gasteiger partial charge on any atom is 0.328 e. The van der Waals surface area contributed by atoms with Crippen LogP contribution in [-0.2, 0) is 41.6 Å². The summed E-state index contributed by atoms with van der Waals surface area (Å²) in [5.74, 6) is -2.86. The molecule has 5 rings (SSSR count). The zero-order valence-corrected chi connectivity index (χ0v) is 33.3. The monoisotopic (exact) mass is 791 g/mol. The van der Waals surface area contributed by atoms with Gasteiger partial charge in [0.15, 0.2) is 0 Å². The minimum atomic E-state index is -1.28. The second-order valence-corrected chi connectivity index (χ2v) is 13.8. The minimum absolute atomic E-state index is 0.0857. The number of likely N-dealkylation sites (N-methyl/N-ethyl adjacent to an activating group) is 1. The number of hydrogen-bond acceptors (Lipinski definition) is 9. The normalized spacial score (nSPS) is 15.1. The molecule has 0 aromatic heterocycles. The third-order valence-corrected chi connectivity index (χ3v) is 9.91. The number of benzene rings is 4. The Hall–Kier alpha value is -6.70. The Kier molecular flexibility index (Phi) is 14.6. The Morgan fingerprint density at radius 2 is 1.43 bits per heavy atom. The van der Waals surface area contributed by atoms with E-state index in [1.807, 2.05) is 12.1 Å². The fraction of sp³-hybridized carbons (Fsp3) is 0.318. The number of ether oxygens (including phenoxy) is 3. The van der Waals surface area contributed by atoms with Crippen LogP contribution in [0.2, 0.25) is 0 Å². The second-order valence-electron chi connectivity index (χ2n) is 13.8. The number of nitrogens with zero attached hydrogens (tertiary/aromatic N) is 1. The summed E-state index contributed by atoms with van der Waals surface area (Å²) in [5.41, 5.74) is 5.77. The number of nitrogens with one attached hydrogen (secondary N) is 4. The third-order valence-electron chi connectivity index (χ3n) is 9.91. The van der Waals surface area contributed by atoms with Gasteiger partial charge in [-0.05, 0) is 77.1 Å². The van der Waals surface area contributed by atoms with Gasteiger partial charge in [-0.25, -0.2) is 4.79 Å². The molecule has 1 heterocycles. The molecule has 4 aromatic carbocycles. The third kappa shape index (κ3) is 10.6. The highest BCUT2D eigenvalue weighted by atomic mass is 16.5. The molecule has 4 N–H and O–H groups in total. The van der Waals surface area contributed by atoms with Crippen molar-refractivity contribution in [3.8, 4) is 33.8 Å².